The Hall–Kier alpha value is -3.09. The van der Waals surface area contributed by atoms with Gasteiger partial charge >= 0.3 is 0 Å². The third-order valence-corrected chi connectivity index (χ3v) is 4.11. The molecule has 0 atom stereocenters. The van der Waals surface area contributed by atoms with Crippen molar-refractivity contribution in [3.63, 3.8) is 0 Å². The zero-order chi connectivity index (χ0) is 20.1. The zero-order valence-corrected chi connectivity index (χ0v) is 16.8. The molecule has 2 heterocycles. The Morgan fingerprint density at radius 2 is 1.96 bits per heavy atom. The molecular weight excluding hydrogens is 354 g/mol. The molecule has 0 bridgehead atoms. The molecule has 0 saturated carbocycles. The molecule has 1 amide bonds. The molecule has 7 heteroatoms. The quantitative estimate of drug-likeness (QED) is 0.683. The van der Waals surface area contributed by atoms with Gasteiger partial charge in [0.05, 0.1) is 6.20 Å². The van der Waals surface area contributed by atoms with Crippen LogP contribution in [0.4, 0.5) is 0 Å². The van der Waals surface area contributed by atoms with Crippen molar-refractivity contribution in [1.82, 2.24) is 24.6 Å². The number of rotatable bonds is 7. The molecule has 0 saturated heterocycles. The van der Waals surface area contributed by atoms with E-state index in [1.807, 2.05) is 75.4 Å². The van der Waals surface area contributed by atoms with E-state index in [-0.39, 0.29) is 18.1 Å². The van der Waals surface area contributed by atoms with Crippen LogP contribution in [0.25, 0.3) is 11.4 Å². The Labute approximate surface area is 165 Å². The van der Waals surface area contributed by atoms with Crippen LogP contribution in [-0.2, 0) is 24.8 Å². The van der Waals surface area contributed by atoms with Crippen molar-refractivity contribution in [2.24, 2.45) is 7.05 Å². The van der Waals surface area contributed by atoms with Gasteiger partial charge in [-0.3, -0.25) is 9.48 Å². The first-order valence-electron chi connectivity index (χ1n) is 9.33. The van der Waals surface area contributed by atoms with Gasteiger partial charge < -0.3 is 14.6 Å². The summed E-state index contributed by atoms with van der Waals surface area (Å²) in [6.07, 6.45) is 8.59. The normalized spacial score (nSPS) is 11.4. The molecule has 2 aromatic heterocycles. The van der Waals surface area contributed by atoms with Crippen molar-refractivity contribution in [3.05, 3.63) is 54.6 Å². The fourth-order valence-corrected chi connectivity index (χ4v) is 2.90. The summed E-state index contributed by atoms with van der Waals surface area (Å²) >= 11 is 0. The minimum absolute atomic E-state index is 0.00362. The van der Waals surface area contributed by atoms with Gasteiger partial charge in [0.15, 0.2) is 6.61 Å². The molecule has 0 aliphatic carbocycles. The summed E-state index contributed by atoms with van der Waals surface area (Å²) in [5.74, 6) is 1.42. The van der Waals surface area contributed by atoms with Crippen molar-refractivity contribution in [2.75, 3.05) is 6.61 Å². The molecule has 7 nitrogen and oxygen atoms in total. The second-order valence-corrected chi connectivity index (χ2v) is 7.83. The fourth-order valence-electron chi connectivity index (χ4n) is 2.90. The molecular formula is C21H27N5O2. The van der Waals surface area contributed by atoms with Crippen LogP contribution in [0.15, 0.2) is 49.1 Å². The highest BCUT2D eigenvalue weighted by Crippen LogP contribution is 2.21. The third kappa shape index (κ3) is 5.45. The number of nitrogens with zero attached hydrogens (tertiary/aromatic N) is 4. The number of hydrogen-bond donors (Lipinski definition) is 1. The van der Waals surface area contributed by atoms with Gasteiger partial charge in [-0.15, -0.1) is 0 Å². The summed E-state index contributed by atoms with van der Waals surface area (Å²) in [6, 6.07) is 7.64. The Morgan fingerprint density at radius 1 is 1.21 bits per heavy atom. The van der Waals surface area contributed by atoms with Crippen LogP contribution in [0.3, 0.4) is 0 Å². The maximum atomic E-state index is 11.9. The molecule has 28 heavy (non-hydrogen) atoms. The average molecular weight is 381 g/mol. The molecule has 3 aromatic rings. The van der Waals surface area contributed by atoms with Crippen LogP contribution in [0.2, 0.25) is 0 Å². The van der Waals surface area contributed by atoms with Gasteiger partial charge in [0, 0.05) is 43.3 Å². The molecule has 3 rings (SSSR count). The van der Waals surface area contributed by atoms with E-state index in [9.17, 15) is 4.79 Å². The van der Waals surface area contributed by atoms with Gasteiger partial charge in [0.2, 0.25) is 0 Å². The summed E-state index contributed by atoms with van der Waals surface area (Å²) in [5.41, 5.74) is 1.93. The highest BCUT2D eigenvalue weighted by atomic mass is 16.5. The monoisotopic (exact) mass is 381 g/mol. The topological polar surface area (TPSA) is 74.0 Å². The van der Waals surface area contributed by atoms with Crippen LogP contribution in [-0.4, -0.2) is 37.4 Å². The van der Waals surface area contributed by atoms with E-state index < -0.39 is 0 Å². The molecule has 0 radical (unpaired) electrons. The van der Waals surface area contributed by atoms with Gasteiger partial charge in [-0.05, 0) is 57.0 Å². The SMILES string of the molecule is Cn1cc(CCn2ccnc2-c2ccc(OCC(=O)NC(C)(C)C)cc2)cn1. The predicted octanol–water partition coefficient (Wildman–Crippen LogP) is 2.82. The van der Waals surface area contributed by atoms with Gasteiger partial charge in [-0.2, -0.15) is 5.10 Å². The molecule has 1 aromatic carbocycles. The minimum atomic E-state index is -0.267. The first kappa shape index (κ1) is 19.7. The van der Waals surface area contributed by atoms with Gasteiger partial charge in [0.1, 0.15) is 11.6 Å². The number of nitrogens with one attached hydrogen (secondary N) is 1. The Balaban J connectivity index is 1.59. The zero-order valence-electron chi connectivity index (χ0n) is 16.8. The van der Waals surface area contributed by atoms with E-state index in [1.54, 1.807) is 6.20 Å². The molecule has 0 fully saturated rings. The van der Waals surface area contributed by atoms with Crippen LogP contribution in [0, 0.1) is 0 Å². The van der Waals surface area contributed by atoms with Crippen LogP contribution >= 0.6 is 0 Å². The first-order valence-corrected chi connectivity index (χ1v) is 9.33. The van der Waals surface area contributed by atoms with Crippen molar-refractivity contribution >= 4 is 5.91 Å². The molecule has 0 aliphatic rings. The van der Waals surface area contributed by atoms with Gasteiger partial charge in [0.25, 0.3) is 5.91 Å². The van der Waals surface area contributed by atoms with Crippen molar-refractivity contribution in [3.8, 4) is 17.1 Å². The lowest BCUT2D eigenvalue weighted by molar-refractivity contribution is -0.124. The maximum Gasteiger partial charge on any atom is 0.258 e. The maximum absolute atomic E-state index is 11.9. The highest BCUT2D eigenvalue weighted by Gasteiger charge is 2.14. The lowest BCUT2D eigenvalue weighted by Gasteiger charge is -2.20. The predicted molar refractivity (Wildman–Crippen MR) is 108 cm³/mol. The van der Waals surface area contributed by atoms with Gasteiger partial charge in [-0.1, -0.05) is 0 Å². The number of aryl methyl sites for hydroxylation is 3. The smallest absolute Gasteiger partial charge is 0.258 e. The highest BCUT2D eigenvalue weighted by molar-refractivity contribution is 5.78. The summed E-state index contributed by atoms with van der Waals surface area (Å²) < 4.78 is 9.51. The Morgan fingerprint density at radius 3 is 2.61 bits per heavy atom. The lowest BCUT2D eigenvalue weighted by atomic mass is 10.1. The van der Waals surface area contributed by atoms with E-state index in [0.29, 0.717) is 5.75 Å². The standard InChI is InChI=1S/C21H27N5O2/c1-21(2,3)24-19(27)15-28-18-7-5-17(6-8-18)20-22-10-12-26(20)11-9-16-13-23-25(4)14-16/h5-8,10,12-14H,9,11,15H2,1-4H3,(H,24,27). The molecule has 1 N–H and O–H groups in total. The van der Waals surface area contributed by atoms with Crippen molar-refractivity contribution < 1.29 is 9.53 Å². The largest absolute Gasteiger partial charge is 0.484 e. The number of imidazole rings is 1. The number of ether oxygens (including phenoxy) is 1. The number of carbonyl (C=O) groups excluding carboxylic acids is 1. The summed E-state index contributed by atoms with van der Waals surface area (Å²) in [4.78, 5) is 16.4. The molecule has 0 aliphatic heterocycles. The molecule has 0 unspecified atom stereocenters. The number of carbonyl (C=O) groups is 1. The van der Waals surface area contributed by atoms with Gasteiger partial charge in [-0.25, -0.2) is 4.98 Å². The summed E-state index contributed by atoms with van der Waals surface area (Å²) in [6.45, 7) is 6.64. The van der Waals surface area contributed by atoms with Crippen molar-refractivity contribution in [1.29, 1.82) is 0 Å². The second-order valence-electron chi connectivity index (χ2n) is 7.83. The van der Waals surface area contributed by atoms with Crippen molar-refractivity contribution in [2.45, 2.75) is 39.3 Å². The van der Waals surface area contributed by atoms with Crippen LogP contribution in [0.1, 0.15) is 26.3 Å². The Bertz CT molecular complexity index is 919. The minimum Gasteiger partial charge on any atom is -0.484 e. The summed E-state index contributed by atoms with van der Waals surface area (Å²) in [5, 5.41) is 7.08. The van der Waals surface area contributed by atoms with E-state index >= 15 is 0 Å². The van der Waals surface area contributed by atoms with E-state index in [0.717, 1.165) is 24.4 Å². The Kier molecular flexibility index (Phi) is 5.82. The third-order valence-electron chi connectivity index (χ3n) is 4.11. The fraction of sp³-hybridized carbons (Fsp3) is 0.381. The average Bonchev–Trinajstić information content (AvgIpc) is 3.26. The lowest BCUT2D eigenvalue weighted by Crippen LogP contribution is -2.43. The molecule has 0 spiro atoms. The van der Waals surface area contributed by atoms with E-state index in [4.69, 9.17) is 4.74 Å². The molecule has 148 valence electrons. The van der Waals surface area contributed by atoms with Crippen LogP contribution < -0.4 is 10.1 Å². The van der Waals surface area contributed by atoms with E-state index in [1.165, 1.54) is 5.56 Å². The summed E-state index contributed by atoms with van der Waals surface area (Å²) in [7, 11) is 1.92. The first-order chi connectivity index (χ1) is 13.3. The van der Waals surface area contributed by atoms with Crippen LogP contribution in [0.5, 0.6) is 5.75 Å². The van der Waals surface area contributed by atoms with E-state index in [2.05, 4.69) is 20.0 Å². The number of amides is 1. The second kappa shape index (κ2) is 8.29. The number of hydrogen-bond acceptors (Lipinski definition) is 4. The number of benzene rings is 1. The number of aromatic nitrogens is 4.